The first-order valence-corrected chi connectivity index (χ1v) is 8.39. The number of benzene rings is 1. The van der Waals surface area contributed by atoms with Crippen LogP contribution < -0.4 is 0 Å². The molecule has 0 N–H and O–H groups in total. The molecule has 3 aliphatic carbocycles. The summed E-state index contributed by atoms with van der Waals surface area (Å²) >= 11 is 0. The SMILES string of the molecule is C=C(C)C1CCC2(C)C(C1)C1C=Cc3ccccc3C12C#N. The number of rotatable bonds is 1. The fourth-order valence-corrected chi connectivity index (χ4v) is 5.65. The van der Waals surface area contributed by atoms with Gasteiger partial charge in [-0.1, -0.05) is 55.5 Å². The Labute approximate surface area is 133 Å². The second-order valence-electron chi connectivity index (χ2n) is 7.73. The molecule has 0 heterocycles. The van der Waals surface area contributed by atoms with E-state index < -0.39 is 0 Å². The van der Waals surface area contributed by atoms with Crippen LogP contribution in [0.2, 0.25) is 0 Å². The maximum absolute atomic E-state index is 10.2. The van der Waals surface area contributed by atoms with Gasteiger partial charge in [-0.2, -0.15) is 5.26 Å². The van der Waals surface area contributed by atoms with Crippen LogP contribution in [0.4, 0.5) is 0 Å². The monoisotopic (exact) mass is 289 g/mol. The van der Waals surface area contributed by atoms with Crippen molar-refractivity contribution in [3.63, 3.8) is 0 Å². The molecule has 0 bridgehead atoms. The molecule has 2 fully saturated rings. The molecule has 4 rings (SSSR count). The minimum absolute atomic E-state index is 0.110. The Morgan fingerprint density at radius 1 is 1.36 bits per heavy atom. The van der Waals surface area contributed by atoms with Crippen LogP contribution in [0.15, 0.2) is 42.5 Å². The molecule has 22 heavy (non-hydrogen) atoms. The zero-order chi connectivity index (χ0) is 15.5. The molecule has 0 saturated heterocycles. The number of nitriles is 1. The van der Waals surface area contributed by atoms with Crippen molar-refractivity contribution >= 4 is 6.08 Å². The van der Waals surface area contributed by atoms with Gasteiger partial charge in [0.25, 0.3) is 0 Å². The van der Waals surface area contributed by atoms with Crippen LogP contribution >= 0.6 is 0 Å². The van der Waals surface area contributed by atoms with Crippen LogP contribution in [0.1, 0.15) is 44.2 Å². The zero-order valence-electron chi connectivity index (χ0n) is 13.5. The third-order valence-corrected chi connectivity index (χ3v) is 6.95. The van der Waals surface area contributed by atoms with E-state index in [2.05, 4.69) is 62.9 Å². The van der Waals surface area contributed by atoms with Gasteiger partial charge >= 0.3 is 0 Å². The topological polar surface area (TPSA) is 23.8 Å². The van der Waals surface area contributed by atoms with E-state index in [0.29, 0.717) is 17.8 Å². The first kappa shape index (κ1) is 13.8. The van der Waals surface area contributed by atoms with Crippen molar-refractivity contribution in [3.05, 3.63) is 53.6 Å². The van der Waals surface area contributed by atoms with Gasteiger partial charge in [0.05, 0.1) is 11.5 Å². The average Bonchev–Trinajstić information content (AvgIpc) is 2.52. The fraction of sp³-hybridized carbons (Fsp3) is 0.476. The molecule has 0 spiro atoms. The van der Waals surface area contributed by atoms with Gasteiger partial charge in [-0.05, 0) is 54.6 Å². The highest BCUT2D eigenvalue weighted by atomic mass is 14.7. The molecule has 1 heteroatoms. The summed E-state index contributed by atoms with van der Waals surface area (Å²) in [4.78, 5) is 0. The summed E-state index contributed by atoms with van der Waals surface area (Å²) < 4.78 is 0. The second kappa shape index (κ2) is 4.35. The third-order valence-electron chi connectivity index (χ3n) is 6.95. The van der Waals surface area contributed by atoms with Crippen molar-refractivity contribution in [3.8, 4) is 6.07 Å². The molecule has 0 aliphatic heterocycles. The van der Waals surface area contributed by atoms with Crippen molar-refractivity contribution in [2.24, 2.45) is 23.2 Å². The standard InChI is InChI=1S/C21H23N/c1-14(2)16-10-11-20(3)19(12-16)18-9-8-15-6-4-5-7-17(15)21(18,20)13-22/h4-9,16,18-19H,1,10-12H2,2-3H3. The molecule has 0 aromatic heterocycles. The summed E-state index contributed by atoms with van der Waals surface area (Å²) in [5.74, 6) is 1.63. The van der Waals surface area contributed by atoms with Gasteiger partial charge in [0.2, 0.25) is 0 Å². The van der Waals surface area contributed by atoms with Crippen molar-refractivity contribution in [2.45, 2.75) is 38.5 Å². The molecular formula is C21H23N. The van der Waals surface area contributed by atoms with Crippen molar-refractivity contribution < 1.29 is 0 Å². The molecule has 1 aromatic carbocycles. The third kappa shape index (κ3) is 1.39. The minimum atomic E-state index is -0.316. The molecule has 0 radical (unpaired) electrons. The van der Waals surface area contributed by atoms with Crippen molar-refractivity contribution in [2.75, 3.05) is 0 Å². The highest BCUT2D eigenvalue weighted by Crippen LogP contribution is 2.72. The Kier molecular flexibility index (Phi) is 2.74. The van der Waals surface area contributed by atoms with Gasteiger partial charge in [-0.3, -0.25) is 0 Å². The Balaban J connectivity index is 1.83. The molecule has 112 valence electrons. The van der Waals surface area contributed by atoms with E-state index in [9.17, 15) is 5.26 Å². The summed E-state index contributed by atoms with van der Waals surface area (Å²) in [6.45, 7) is 8.70. The Morgan fingerprint density at radius 3 is 2.86 bits per heavy atom. The first-order chi connectivity index (χ1) is 10.5. The predicted octanol–water partition coefficient (Wildman–Crippen LogP) is 5.10. The van der Waals surface area contributed by atoms with Crippen LogP contribution in [-0.2, 0) is 5.41 Å². The van der Waals surface area contributed by atoms with Crippen molar-refractivity contribution in [1.29, 1.82) is 5.26 Å². The number of allylic oxidation sites excluding steroid dienone is 2. The van der Waals surface area contributed by atoms with Crippen LogP contribution in [0.5, 0.6) is 0 Å². The molecule has 1 aromatic rings. The molecule has 2 saturated carbocycles. The highest BCUT2D eigenvalue weighted by Gasteiger charge is 2.71. The van der Waals surface area contributed by atoms with E-state index in [1.54, 1.807) is 0 Å². The number of fused-ring (bicyclic) bond motifs is 6. The predicted molar refractivity (Wildman–Crippen MR) is 90.0 cm³/mol. The Morgan fingerprint density at radius 2 is 2.14 bits per heavy atom. The number of hydrogen-bond donors (Lipinski definition) is 0. The maximum atomic E-state index is 10.2. The van der Waals surface area contributed by atoms with E-state index >= 15 is 0 Å². The van der Waals surface area contributed by atoms with Gasteiger partial charge in [0.15, 0.2) is 0 Å². The molecule has 0 amide bonds. The normalized spacial score (nSPS) is 41.4. The van der Waals surface area contributed by atoms with Crippen LogP contribution in [0.3, 0.4) is 0 Å². The van der Waals surface area contributed by atoms with E-state index in [1.165, 1.54) is 29.5 Å². The summed E-state index contributed by atoms with van der Waals surface area (Å²) in [7, 11) is 0. The van der Waals surface area contributed by atoms with Gasteiger partial charge in [-0.25, -0.2) is 0 Å². The number of nitrogens with zero attached hydrogens (tertiary/aromatic N) is 1. The van der Waals surface area contributed by atoms with Gasteiger partial charge in [-0.15, -0.1) is 0 Å². The minimum Gasteiger partial charge on any atom is -0.197 e. The van der Waals surface area contributed by atoms with Crippen LogP contribution in [0, 0.1) is 34.5 Å². The highest BCUT2D eigenvalue weighted by molar-refractivity contribution is 5.65. The lowest BCUT2D eigenvalue weighted by atomic mass is 9.32. The summed E-state index contributed by atoms with van der Waals surface area (Å²) in [6.07, 6.45) is 8.08. The summed E-state index contributed by atoms with van der Waals surface area (Å²) in [5, 5.41) is 10.2. The molecule has 5 atom stereocenters. The Hall–Kier alpha value is -1.81. The summed E-state index contributed by atoms with van der Waals surface area (Å²) in [5.41, 5.74) is 3.61. The zero-order valence-corrected chi connectivity index (χ0v) is 13.5. The largest absolute Gasteiger partial charge is 0.197 e. The summed E-state index contributed by atoms with van der Waals surface area (Å²) in [6, 6.07) is 11.3. The fourth-order valence-electron chi connectivity index (χ4n) is 5.65. The average molecular weight is 289 g/mol. The smallest absolute Gasteiger partial charge is 0.0949 e. The molecular weight excluding hydrogens is 266 g/mol. The van der Waals surface area contributed by atoms with Gasteiger partial charge in [0.1, 0.15) is 0 Å². The van der Waals surface area contributed by atoms with Gasteiger partial charge < -0.3 is 0 Å². The molecule has 3 aliphatic rings. The van der Waals surface area contributed by atoms with E-state index in [1.807, 2.05) is 0 Å². The van der Waals surface area contributed by atoms with Crippen molar-refractivity contribution in [1.82, 2.24) is 0 Å². The Bertz CT molecular complexity index is 722. The second-order valence-corrected chi connectivity index (χ2v) is 7.73. The van der Waals surface area contributed by atoms with E-state index in [4.69, 9.17) is 0 Å². The van der Waals surface area contributed by atoms with Crippen LogP contribution in [0.25, 0.3) is 6.08 Å². The van der Waals surface area contributed by atoms with E-state index in [0.717, 1.165) is 6.42 Å². The first-order valence-electron chi connectivity index (χ1n) is 8.39. The lowest BCUT2D eigenvalue weighted by Gasteiger charge is -2.69. The molecule has 1 nitrogen and oxygen atoms in total. The van der Waals surface area contributed by atoms with Gasteiger partial charge in [0, 0.05) is 5.92 Å². The van der Waals surface area contributed by atoms with E-state index in [-0.39, 0.29) is 10.8 Å². The quantitative estimate of drug-likeness (QED) is 0.660. The lowest BCUT2D eigenvalue weighted by molar-refractivity contribution is -0.125. The maximum Gasteiger partial charge on any atom is 0.0949 e. The molecule has 5 unspecified atom stereocenters. The van der Waals surface area contributed by atoms with Crippen LogP contribution in [-0.4, -0.2) is 0 Å². The lowest BCUT2D eigenvalue weighted by Crippen LogP contribution is -2.68. The number of hydrogen-bond acceptors (Lipinski definition) is 1.